The lowest BCUT2D eigenvalue weighted by Gasteiger charge is -2.35. The Morgan fingerprint density at radius 1 is 1.23 bits per heavy atom. The molecule has 0 saturated carbocycles. The number of esters is 1. The Bertz CT molecular complexity index is 1030. The molecule has 2 atom stereocenters. The molecule has 0 saturated heterocycles. The minimum Gasteiger partial charge on any atom is -0.465 e. The van der Waals surface area contributed by atoms with Crippen molar-refractivity contribution < 1.29 is 23.5 Å². The van der Waals surface area contributed by atoms with E-state index in [0.29, 0.717) is 42.2 Å². The molecular formula is C24H27NO5S. The third kappa shape index (κ3) is 4.38. The second kappa shape index (κ2) is 9.24. The van der Waals surface area contributed by atoms with Crippen LogP contribution in [0.25, 0.3) is 0 Å². The molecule has 2 aliphatic rings. The van der Waals surface area contributed by atoms with Crippen LogP contribution in [0.5, 0.6) is 0 Å². The van der Waals surface area contributed by atoms with Gasteiger partial charge in [0.25, 0.3) is 0 Å². The van der Waals surface area contributed by atoms with Crippen molar-refractivity contribution in [1.82, 2.24) is 5.32 Å². The van der Waals surface area contributed by atoms with Gasteiger partial charge in [0.05, 0.1) is 18.1 Å². The fourth-order valence-corrected chi connectivity index (χ4v) is 5.17. The summed E-state index contributed by atoms with van der Waals surface area (Å²) in [5.41, 5.74) is 2.60. The van der Waals surface area contributed by atoms with Crippen LogP contribution in [0.1, 0.15) is 54.9 Å². The molecule has 1 N–H and O–H groups in total. The zero-order chi connectivity index (χ0) is 22.0. The fraction of sp³-hybridized carbons (Fsp3) is 0.417. The fourth-order valence-electron chi connectivity index (χ4n) is 4.34. The van der Waals surface area contributed by atoms with Gasteiger partial charge in [-0.05, 0) is 50.8 Å². The molecule has 1 aliphatic heterocycles. The topological polar surface area (TPSA) is 77.8 Å². The van der Waals surface area contributed by atoms with Gasteiger partial charge in [0.2, 0.25) is 0 Å². The van der Waals surface area contributed by atoms with Crippen LogP contribution in [0.4, 0.5) is 0 Å². The van der Waals surface area contributed by atoms with Crippen LogP contribution < -0.4 is 5.32 Å². The summed E-state index contributed by atoms with van der Waals surface area (Å²) >= 11 is 1.67. The summed E-state index contributed by atoms with van der Waals surface area (Å²) in [6.07, 6.45) is 1.14. The number of rotatable bonds is 7. The Labute approximate surface area is 185 Å². The Kier molecular flexibility index (Phi) is 6.43. The Balaban J connectivity index is 1.69. The second-order valence-corrected chi connectivity index (χ2v) is 8.79. The van der Waals surface area contributed by atoms with E-state index < -0.39 is 11.9 Å². The number of nitrogens with one attached hydrogen (secondary N) is 1. The van der Waals surface area contributed by atoms with Crippen LogP contribution in [0.2, 0.25) is 0 Å². The molecular weight excluding hydrogens is 414 g/mol. The maximum absolute atomic E-state index is 13.4. The van der Waals surface area contributed by atoms with Crippen molar-refractivity contribution >= 4 is 23.1 Å². The lowest BCUT2D eigenvalue weighted by atomic mass is 9.74. The molecule has 0 unspecified atom stereocenters. The maximum Gasteiger partial charge on any atom is 0.336 e. The molecule has 0 aromatic carbocycles. The van der Waals surface area contributed by atoms with Gasteiger partial charge in [-0.2, -0.15) is 0 Å². The van der Waals surface area contributed by atoms with Gasteiger partial charge in [0, 0.05) is 40.8 Å². The lowest BCUT2D eigenvalue weighted by Crippen LogP contribution is -2.36. The summed E-state index contributed by atoms with van der Waals surface area (Å²) in [6, 6.07) is 7.79. The van der Waals surface area contributed by atoms with Crippen LogP contribution in [0, 0.1) is 6.92 Å². The summed E-state index contributed by atoms with van der Waals surface area (Å²) < 4.78 is 16.7. The van der Waals surface area contributed by atoms with Gasteiger partial charge in [-0.1, -0.05) is 6.07 Å². The number of dihydropyridines is 1. The van der Waals surface area contributed by atoms with Crippen molar-refractivity contribution in [3.8, 4) is 0 Å². The first-order chi connectivity index (χ1) is 15.0. The molecule has 1 aliphatic carbocycles. The number of furan rings is 1. The first-order valence-electron chi connectivity index (χ1n) is 10.6. The normalized spacial score (nSPS) is 21.2. The first kappa shape index (κ1) is 21.6. The van der Waals surface area contributed by atoms with E-state index in [1.807, 2.05) is 44.4 Å². The van der Waals surface area contributed by atoms with Crippen LogP contribution in [-0.2, 0) is 19.1 Å². The second-order valence-electron chi connectivity index (χ2n) is 7.81. The van der Waals surface area contributed by atoms with Crippen LogP contribution >= 0.6 is 11.3 Å². The number of carbonyl (C=O) groups excluding carboxylic acids is 2. The van der Waals surface area contributed by atoms with Gasteiger partial charge in [0.15, 0.2) is 5.78 Å². The Morgan fingerprint density at radius 3 is 2.74 bits per heavy atom. The third-order valence-corrected chi connectivity index (χ3v) is 6.74. The molecule has 7 heteroatoms. The monoisotopic (exact) mass is 441 g/mol. The minimum absolute atomic E-state index is 0.0401. The highest BCUT2D eigenvalue weighted by atomic mass is 32.1. The minimum atomic E-state index is -0.568. The molecule has 6 nitrogen and oxygen atoms in total. The van der Waals surface area contributed by atoms with E-state index in [2.05, 4.69) is 11.4 Å². The lowest BCUT2D eigenvalue weighted by molar-refractivity contribution is -0.141. The van der Waals surface area contributed by atoms with Crippen molar-refractivity contribution in [2.45, 2.75) is 45.4 Å². The van der Waals surface area contributed by atoms with Gasteiger partial charge >= 0.3 is 5.97 Å². The number of hydrogen-bond donors (Lipinski definition) is 1. The Hall–Kier alpha value is -2.64. The summed E-state index contributed by atoms with van der Waals surface area (Å²) in [5, 5.41) is 5.38. The van der Waals surface area contributed by atoms with Crippen molar-refractivity contribution in [3.05, 3.63) is 68.6 Å². The number of carbonyl (C=O) groups is 2. The molecule has 31 heavy (non-hydrogen) atoms. The van der Waals surface area contributed by atoms with E-state index in [-0.39, 0.29) is 18.3 Å². The predicted molar refractivity (Wildman–Crippen MR) is 118 cm³/mol. The number of Topliss-reactive ketones (excluding diaryl/α,β-unsaturated/α-hetero) is 1. The summed E-state index contributed by atoms with van der Waals surface area (Å²) in [4.78, 5) is 27.6. The van der Waals surface area contributed by atoms with Crippen molar-refractivity contribution in [1.29, 1.82) is 0 Å². The highest BCUT2D eigenvalue weighted by Gasteiger charge is 2.42. The van der Waals surface area contributed by atoms with Gasteiger partial charge in [-0.3, -0.25) is 4.79 Å². The van der Waals surface area contributed by atoms with Crippen LogP contribution in [0.15, 0.2) is 56.6 Å². The summed E-state index contributed by atoms with van der Waals surface area (Å²) in [6.45, 7) is 6.65. The number of ketones is 1. The number of aryl methyl sites for hydroxylation is 1. The van der Waals surface area contributed by atoms with Gasteiger partial charge in [-0.15, -0.1) is 11.3 Å². The molecule has 0 radical (unpaired) electrons. The molecule has 2 aromatic rings. The molecule has 0 spiro atoms. The number of hydrogen-bond acceptors (Lipinski definition) is 7. The van der Waals surface area contributed by atoms with E-state index in [0.717, 1.165) is 17.9 Å². The van der Waals surface area contributed by atoms with Gasteiger partial charge < -0.3 is 19.2 Å². The molecule has 164 valence electrons. The van der Waals surface area contributed by atoms with Crippen molar-refractivity contribution in [2.75, 3.05) is 19.8 Å². The zero-order valence-corrected chi connectivity index (χ0v) is 18.8. The number of ether oxygens (including phenoxy) is 2. The molecule has 4 rings (SSSR count). The molecule has 2 aromatic heterocycles. The number of thiophene rings is 1. The van der Waals surface area contributed by atoms with Gasteiger partial charge in [-0.25, -0.2) is 4.79 Å². The highest BCUT2D eigenvalue weighted by molar-refractivity contribution is 7.10. The van der Waals surface area contributed by atoms with Crippen molar-refractivity contribution in [2.24, 2.45) is 0 Å². The van der Waals surface area contributed by atoms with Crippen LogP contribution in [-0.4, -0.2) is 31.6 Å². The number of allylic oxidation sites excluding steroid dienone is 3. The quantitative estimate of drug-likeness (QED) is 0.500. The standard InChI is InChI=1S/C24H27NO5S/c1-4-28-9-10-29-24(27)21-15(3)25-17-12-16(20-6-5-11-31-20)13-18(26)22(17)23(21)19-8-7-14(2)30-19/h5-8,11,16,23,25H,4,9-10,12-13H2,1-3H3/t16-,23+/m1/s1. The average Bonchev–Trinajstić information content (AvgIpc) is 3.42. The van der Waals surface area contributed by atoms with Crippen LogP contribution in [0.3, 0.4) is 0 Å². The molecule has 0 amide bonds. The summed E-state index contributed by atoms with van der Waals surface area (Å²) in [7, 11) is 0. The van der Waals surface area contributed by atoms with E-state index in [1.54, 1.807) is 11.3 Å². The van der Waals surface area contributed by atoms with E-state index in [4.69, 9.17) is 13.9 Å². The Morgan fingerprint density at radius 2 is 2.06 bits per heavy atom. The summed E-state index contributed by atoms with van der Waals surface area (Å²) in [5.74, 6) is 0.482. The maximum atomic E-state index is 13.4. The average molecular weight is 442 g/mol. The predicted octanol–water partition coefficient (Wildman–Crippen LogP) is 4.59. The van der Waals surface area contributed by atoms with E-state index >= 15 is 0 Å². The molecule has 0 bridgehead atoms. The third-order valence-electron chi connectivity index (χ3n) is 5.70. The van der Waals surface area contributed by atoms with Gasteiger partial charge in [0.1, 0.15) is 18.1 Å². The molecule has 3 heterocycles. The highest BCUT2D eigenvalue weighted by Crippen LogP contribution is 2.46. The smallest absolute Gasteiger partial charge is 0.336 e. The largest absolute Gasteiger partial charge is 0.465 e. The SMILES string of the molecule is CCOCCOC(=O)C1=C(C)NC2=C(C(=O)C[C@H](c3cccs3)C2)[C@H]1c1ccc(C)o1. The van der Waals surface area contributed by atoms with E-state index in [1.165, 1.54) is 4.88 Å². The molecule has 0 fully saturated rings. The first-order valence-corrected chi connectivity index (χ1v) is 11.5. The van der Waals surface area contributed by atoms with E-state index in [9.17, 15) is 9.59 Å². The van der Waals surface area contributed by atoms with Crippen molar-refractivity contribution in [3.63, 3.8) is 0 Å². The zero-order valence-electron chi connectivity index (χ0n) is 18.0.